The quantitative estimate of drug-likeness (QED) is 0.770. The second-order valence-electron chi connectivity index (χ2n) is 5.14. The molecule has 2 aromatic heterocycles. The van der Waals surface area contributed by atoms with Crippen molar-refractivity contribution in [3.63, 3.8) is 0 Å². The third-order valence-electron chi connectivity index (χ3n) is 3.49. The summed E-state index contributed by atoms with van der Waals surface area (Å²) >= 11 is 12.0. The second kappa shape index (κ2) is 6.59. The lowest BCUT2D eigenvalue weighted by Gasteiger charge is -2.11. The summed E-state index contributed by atoms with van der Waals surface area (Å²) in [7, 11) is 0. The minimum absolute atomic E-state index is 0.103. The standard InChI is InChI=1S/C16H11Cl2N3O3/c17-10-2-1-9(13(18)5-10)8-21-16(24)12-7-19-4-3-11(12)14(20-21)6-15(22)23/h1-5,7H,6,8H2,(H,22,23). The van der Waals surface area contributed by atoms with E-state index in [9.17, 15) is 9.59 Å². The number of halogens is 2. The molecule has 0 atom stereocenters. The minimum atomic E-state index is -1.03. The first-order valence-electron chi connectivity index (χ1n) is 6.95. The predicted molar refractivity (Wildman–Crippen MR) is 90.7 cm³/mol. The van der Waals surface area contributed by atoms with Gasteiger partial charge in [0.25, 0.3) is 5.56 Å². The molecule has 0 spiro atoms. The number of nitrogens with zero attached hydrogens (tertiary/aromatic N) is 3. The van der Waals surface area contributed by atoms with E-state index >= 15 is 0 Å². The molecule has 0 amide bonds. The fourth-order valence-corrected chi connectivity index (χ4v) is 2.86. The number of hydrogen-bond donors (Lipinski definition) is 1. The lowest BCUT2D eigenvalue weighted by Crippen LogP contribution is -2.26. The van der Waals surface area contributed by atoms with Crippen LogP contribution in [0.4, 0.5) is 0 Å². The number of hydrogen-bond acceptors (Lipinski definition) is 4. The van der Waals surface area contributed by atoms with E-state index in [1.807, 2.05) is 0 Å². The van der Waals surface area contributed by atoms with Crippen molar-refractivity contribution in [2.45, 2.75) is 13.0 Å². The fourth-order valence-electron chi connectivity index (χ4n) is 2.39. The molecular formula is C16H11Cl2N3O3. The maximum Gasteiger partial charge on any atom is 0.309 e. The summed E-state index contributed by atoms with van der Waals surface area (Å²) in [4.78, 5) is 27.6. The van der Waals surface area contributed by atoms with E-state index in [4.69, 9.17) is 28.3 Å². The van der Waals surface area contributed by atoms with Crippen LogP contribution in [0.25, 0.3) is 10.8 Å². The summed E-state index contributed by atoms with van der Waals surface area (Å²) in [5.74, 6) is -1.03. The van der Waals surface area contributed by atoms with Gasteiger partial charge in [-0.25, -0.2) is 4.68 Å². The highest BCUT2D eigenvalue weighted by atomic mass is 35.5. The zero-order valence-electron chi connectivity index (χ0n) is 12.2. The molecule has 1 N–H and O–H groups in total. The van der Waals surface area contributed by atoms with Crippen molar-refractivity contribution >= 4 is 39.9 Å². The zero-order valence-corrected chi connectivity index (χ0v) is 13.8. The fraction of sp³-hybridized carbons (Fsp3) is 0.125. The number of aromatic nitrogens is 3. The highest BCUT2D eigenvalue weighted by Gasteiger charge is 2.14. The summed E-state index contributed by atoms with van der Waals surface area (Å²) in [6.07, 6.45) is 2.61. The van der Waals surface area contributed by atoms with Crippen LogP contribution in [0.5, 0.6) is 0 Å². The van der Waals surface area contributed by atoms with Gasteiger partial charge in [-0.2, -0.15) is 5.10 Å². The van der Waals surface area contributed by atoms with Crippen LogP contribution < -0.4 is 5.56 Å². The first kappa shape index (κ1) is 16.4. The number of carboxylic acids is 1. The van der Waals surface area contributed by atoms with Crippen molar-refractivity contribution in [1.29, 1.82) is 0 Å². The Morgan fingerprint density at radius 2 is 2.00 bits per heavy atom. The molecular weight excluding hydrogens is 353 g/mol. The van der Waals surface area contributed by atoms with Gasteiger partial charge in [-0.05, 0) is 23.8 Å². The molecule has 122 valence electrons. The predicted octanol–water partition coefficient (Wildman–Crippen LogP) is 2.77. The number of carboxylic acid groups (broad SMARTS) is 1. The van der Waals surface area contributed by atoms with Crippen LogP contribution in [0.2, 0.25) is 10.0 Å². The van der Waals surface area contributed by atoms with E-state index in [1.54, 1.807) is 24.3 Å². The van der Waals surface area contributed by atoms with Gasteiger partial charge >= 0.3 is 5.97 Å². The Bertz CT molecular complexity index is 1000. The average Bonchev–Trinajstić information content (AvgIpc) is 2.54. The largest absolute Gasteiger partial charge is 0.481 e. The van der Waals surface area contributed by atoms with E-state index in [1.165, 1.54) is 17.1 Å². The van der Waals surface area contributed by atoms with Gasteiger partial charge < -0.3 is 5.11 Å². The number of aliphatic carboxylic acids is 1. The minimum Gasteiger partial charge on any atom is -0.481 e. The Labute approximate surface area is 146 Å². The molecule has 0 fully saturated rings. The zero-order chi connectivity index (χ0) is 17.3. The van der Waals surface area contributed by atoms with Crippen LogP contribution in [0.1, 0.15) is 11.3 Å². The van der Waals surface area contributed by atoms with E-state index in [2.05, 4.69) is 10.1 Å². The molecule has 0 saturated carbocycles. The number of pyridine rings is 1. The second-order valence-corrected chi connectivity index (χ2v) is 5.98. The van der Waals surface area contributed by atoms with Gasteiger partial charge in [0.2, 0.25) is 0 Å². The molecule has 1 aromatic carbocycles. The number of benzene rings is 1. The van der Waals surface area contributed by atoms with Gasteiger partial charge in [0.15, 0.2) is 0 Å². The summed E-state index contributed by atoms with van der Waals surface area (Å²) in [5.41, 5.74) is 0.586. The third kappa shape index (κ3) is 3.25. The number of rotatable bonds is 4. The molecule has 0 aliphatic heterocycles. The van der Waals surface area contributed by atoms with E-state index in [0.29, 0.717) is 32.1 Å². The molecule has 0 saturated heterocycles. The average molecular weight is 364 g/mol. The van der Waals surface area contributed by atoms with Gasteiger partial charge in [-0.3, -0.25) is 14.6 Å². The Balaban J connectivity index is 2.15. The Morgan fingerprint density at radius 1 is 1.21 bits per heavy atom. The molecule has 0 radical (unpaired) electrons. The van der Waals surface area contributed by atoms with Gasteiger partial charge in [0.1, 0.15) is 0 Å². The van der Waals surface area contributed by atoms with Gasteiger partial charge in [0.05, 0.1) is 24.0 Å². The summed E-state index contributed by atoms with van der Waals surface area (Å²) in [6, 6.07) is 6.52. The monoisotopic (exact) mass is 363 g/mol. The lowest BCUT2D eigenvalue weighted by molar-refractivity contribution is -0.136. The van der Waals surface area contributed by atoms with Crippen LogP contribution >= 0.6 is 23.2 Å². The molecule has 3 rings (SSSR count). The number of fused-ring (bicyclic) bond motifs is 1. The van der Waals surface area contributed by atoms with Crippen molar-refractivity contribution in [2.75, 3.05) is 0 Å². The topological polar surface area (TPSA) is 85.1 Å². The highest BCUT2D eigenvalue weighted by Crippen LogP contribution is 2.22. The molecule has 2 heterocycles. The summed E-state index contributed by atoms with van der Waals surface area (Å²) < 4.78 is 1.19. The molecule has 3 aromatic rings. The van der Waals surface area contributed by atoms with Crippen molar-refractivity contribution in [2.24, 2.45) is 0 Å². The normalized spacial score (nSPS) is 10.9. The third-order valence-corrected chi connectivity index (χ3v) is 4.08. The smallest absolute Gasteiger partial charge is 0.309 e. The van der Waals surface area contributed by atoms with E-state index in [0.717, 1.165) is 0 Å². The number of carbonyl (C=O) groups is 1. The van der Waals surface area contributed by atoms with E-state index in [-0.39, 0.29) is 18.5 Å². The van der Waals surface area contributed by atoms with Crippen LogP contribution in [0, 0.1) is 0 Å². The molecule has 8 heteroatoms. The van der Waals surface area contributed by atoms with Crippen molar-refractivity contribution in [3.8, 4) is 0 Å². The Kier molecular flexibility index (Phi) is 4.51. The molecule has 24 heavy (non-hydrogen) atoms. The van der Waals surface area contributed by atoms with Crippen LogP contribution in [0.3, 0.4) is 0 Å². The molecule has 6 nitrogen and oxygen atoms in total. The summed E-state index contributed by atoms with van der Waals surface area (Å²) in [5, 5.41) is 15.0. The molecule has 0 aliphatic carbocycles. The first-order valence-corrected chi connectivity index (χ1v) is 7.70. The van der Waals surface area contributed by atoms with Gasteiger partial charge in [0, 0.05) is 27.8 Å². The van der Waals surface area contributed by atoms with Crippen molar-refractivity contribution in [1.82, 2.24) is 14.8 Å². The van der Waals surface area contributed by atoms with Crippen LogP contribution in [-0.2, 0) is 17.8 Å². The van der Waals surface area contributed by atoms with Crippen molar-refractivity contribution in [3.05, 3.63) is 68.3 Å². The Hall–Kier alpha value is -2.44. The van der Waals surface area contributed by atoms with Gasteiger partial charge in [-0.15, -0.1) is 0 Å². The maximum absolute atomic E-state index is 12.6. The Morgan fingerprint density at radius 3 is 2.71 bits per heavy atom. The molecule has 0 unspecified atom stereocenters. The van der Waals surface area contributed by atoms with Crippen molar-refractivity contribution < 1.29 is 9.90 Å². The van der Waals surface area contributed by atoms with Crippen LogP contribution in [-0.4, -0.2) is 25.8 Å². The lowest BCUT2D eigenvalue weighted by atomic mass is 10.1. The van der Waals surface area contributed by atoms with E-state index < -0.39 is 5.97 Å². The maximum atomic E-state index is 12.6. The highest BCUT2D eigenvalue weighted by molar-refractivity contribution is 6.35. The molecule has 0 aliphatic rings. The van der Waals surface area contributed by atoms with Crippen LogP contribution in [0.15, 0.2) is 41.5 Å². The SMILES string of the molecule is O=C(O)Cc1nn(Cc2ccc(Cl)cc2Cl)c(=O)c2cnccc12. The summed E-state index contributed by atoms with van der Waals surface area (Å²) in [6.45, 7) is 0.103. The first-order chi connectivity index (χ1) is 11.5. The molecule has 0 bridgehead atoms. The van der Waals surface area contributed by atoms with Gasteiger partial charge in [-0.1, -0.05) is 29.3 Å².